The lowest BCUT2D eigenvalue weighted by Gasteiger charge is -2.44. The molecule has 2 N–H and O–H groups in total. The average molecular weight is 563 g/mol. The molecule has 0 aromatic carbocycles. The molecule has 0 aromatic heterocycles. The van der Waals surface area contributed by atoms with Crippen molar-refractivity contribution in [3.05, 3.63) is 23.8 Å². The lowest BCUT2D eigenvalue weighted by molar-refractivity contribution is -0.160. The van der Waals surface area contributed by atoms with E-state index in [1.54, 1.807) is 7.05 Å². The Bertz CT molecular complexity index is 956. The molecule has 8 nitrogen and oxygen atoms in total. The molecule has 1 heterocycles. The number of fused-ring (bicyclic) bond motifs is 1. The quantitative estimate of drug-likeness (QED) is 0.284. The van der Waals surface area contributed by atoms with Gasteiger partial charge in [-0.1, -0.05) is 52.8 Å². The van der Waals surface area contributed by atoms with Gasteiger partial charge in [-0.05, 0) is 60.7 Å². The Labute approximate surface area is 235 Å². The number of esters is 1. The van der Waals surface area contributed by atoms with Crippen LogP contribution in [-0.4, -0.2) is 58.2 Å². The molecule has 3 rings (SSSR count). The Morgan fingerprint density at radius 1 is 1.15 bits per heavy atom. The fraction of sp³-hybridized carbons (Fsp3) is 0.767. The minimum atomic E-state index is -1.99. The maximum Gasteiger partial charge on any atom is 0.407 e. The van der Waals surface area contributed by atoms with E-state index in [1.807, 2.05) is 0 Å². The van der Waals surface area contributed by atoms with Crippen LogP contribution in [0.15, 0.2) is 23.8 Å². The first-order chi connectivity index (χ1) is 18.2. The first-order valence-electron chi connectivity index (χ1n) is 14.6. The second-order valence-corrected chi connectivity index (χ2v) is 18.0. The van der Waals surface area contributed by atoms with E-state index in [-0.39, 0.29) is 60.0 Å². The molecule has 0 aromatic rings. The van der Waals surface area contributed by atoms with E-state index in [4.69, 9.17) is 13.9 Å². The summed E-state index contributed by atoms with van der Waals surface area (Å²) in [6.07, 6.45) is 9.39. The van der Waals surface area contributed by atoms with Gasteiger partial charge in [0.15, 0.2) is 8.32 Å². The van der Waals surface area contributed by atoms with Crippen molar-refractivity contribution in [1.82, 2.24) is 10.6 Å². The van der Waals surface area contributed by atoms with E-state index in [0.717, 1.165) is 25.7 Å². The molecule has 7 atom stereocenters. The predicted molar refractivity (Wildman–Crippen MR) is 155 cm³/mol. The zero-order chi connectivity index (χ0) is 29.0. The van der Waals surface area contributed by atoms with E-state index in [2.05, 4.69) is 76.6 Å². The molecule has 220 valence electrons. The van der Waals surface area contributed by atoms with Crippen molar-refractivity contribution in [1.29, 1.82) is 0 Å². The maximum absolute atomic E-state index is 12.6. The summed E-state index contributed by atoms with van der Waals surface area (Å²) in [4.78, 5) is 36.7. The molecule has 0 saturated carbocycles. The van der Waals surface area contributed by atoms with Gasteiger partial charge in [-0.15, -0.1) is 0 Å². The topological polar surface area (TPSA) is 103 Å². The van der Waals surface area contributed by atoms with Gasteiger partial charge in [-0.3, -0.25) is 9.59 Å². The second-order valence-electron chi connectivity index (χ2n) is 13.2. The highest BCUT2D eigenvalue weighted by Crippen LogP contribution is 2.45. The summed E-state index contributed by atoms with van der Waals surface area (Å²) in [5, 5.41) is 5.36. The van der Waals surface area contributed by atoms with Crippen LogP contribution in [0.5, 0.6) is 0 Å². The number of hydrogen-bond donors (Lipinski definition) is 2. The Kier molecular flexibility index (Phi) is 10.5. The van der Waals surface area contributed by atoms with Crippen molar-refractivity contribution in [2.75, 3.05) is 13.6 Å². The molecule has 9 heteroatoms. The van der Waals surface area contributed by atoms with Crippen LogP contribution in [0.3, 0.4) is 0 Å². The van der Waals surface area contributed by atoms with E-state index in [1.165, 1.54) is 5.57 Å². The lowest BCUT2D eigenvalue weighted by Crippen LogP contribution is -2.47. The molecule has 0 radical (unpaired) electrons. The Morgan fingerprint density at radius 3 is 2.54 bits per heavy atom. The highest BCUT2D eigenvalue weighted by Gasteiger charge is 2.44. The number of carbonyl (C=O) groups excluding carboxylic acids is 3. The molecule has 39 heavy (non-hydrogen) atoms. The maximum atomic E-state index is 12.6. The molecular formula is C30H50N2O6Si. The van der Waals surface area contributed by atoms with Crippen LogP contribution in [0.1, 0.15) is 73.1 Å². The van der Waals surface area contributed by atoms with E-state index < -0.39 is 14.4 Å². The summed E-state index contributed by atoms with van der Waals surface area (Å²) in [5.41, 5.74) is 1.22. The van der Waals surface area contributed by atoms with Gasteiger partial charge >= 0.3 is 12.1 Å². The highest BCUT2D eigenvalue weighted by atomic mass is 28.4. The Hall–Kier alpha value is -2.13. The largest absolute Gasteiger partial charge is 0.462 e. The number of amides is 2. The number of ether oxygens (including phenoxy) is 2. The zero-order valence-electron chi connectivity index (χ0n) is 25.2. The summed E-state index contributed by atoms with van der Waals surface area (Å²) in [6.45, 7) is 15.7. The Balaban J connectivity index is 1.66. The minimum Gasteiger partial charge on any atom is -0.462 e. The first-order valence-corrected chi connectivity index (χ1v) is 17.5. The van der Waals surface area contributed by atoms with Gasteiger partial charge in [0, 0.05) is 32.4 Å². The van der Waals surface area contributed by atoms with Crippen molar-refractivity contribution in [3.63, 3.8) is 0 Å². The number of alkyl carbamates (subject to hydrolysis) is 1. The Morgan fingerprint density at radius 2 is 1.87 bits per heavy atom. The molecule has 1 saturated heterocycles. The van der Waals surface area contributed by atoms with Gasteiger partial charge in [0.05, 0.1) is 12.5 Å². The molecule has 1 aliphatic heterocycles. The number of cyclic esters (lactones) is 1. The summed E-state index contributed by atoms with van der Waals surface area (Å²) >= 11 is 0. The van der Waals surface area contributed by atoms with Crippen LogP contribution in [0.2, 0.25) is 18.1 Å². The predicted octanol–water partition coefficient (Wildman–Crippen LogP) is 5.50. The first kappa shape index (κ1) is 31.4. The third-order valence-corrected chi connectivity index (χ3v) is 13.6. The highest BCUT2D eigenvalue weighted by molar-refractivity contribution is 6.74. The van der Waals surface area contributed by atoms with Crippen LogP contribution in [0, 0.1) is 23.7 Å². The van der Waals surface area contributed by atoms with Crippen molar-refractivity contribution < 1.29 is 28.3 Å². The van der Waals surface area contributed by atoms with Gasteiger partial charge in [-0.25, -0.2) is 4.79 Å². The number of carbonyl (C=O) groups is 3. The number of allylic oxidation sites excluding steroid dienone is 3. The molecular weight excluding hydrogens is 512 g/mol. The minimum absolute atomic E-state index is 0.0816. The normalized spacial score (nSPS) is 31.0. The second kappa shape index (κ2) is 13.0. The van der Waals surface area contributed by atoms with Crippen LogP contribution in [0.4, 0.5) is 4.79 Å². The van der Waals surface area contributed by atoms with Crippen molar-refractivity contribution in [2.45, 2.75) is 110 Å². The molecule has 2 amide bonds. The number of hydrogen-bond acceptors (Lipinski definition) is 6. The molecule has 0 spiro atoms. The van der Waals surface area contributed by atoms with E-state index >= 15 is 0 Å². The van der Waals surface area contributed by atoms with Crippen LogP contribution < -0.4 is 10.6 Å². The third kappa shape index (κ3) is 8.43. The SMILES string of the molecule is CNC(=O)CCNC(=O)O[C@H]1C[C@@H](C)C=C2C=C[C@H](C)[C@H](CC[C@@H]3C[C@@H](O[Si](C)(C)C(C)(C)C)CC(=O)O3)[C@H]21. The monoisotopic (exact) mass is 562 g/mol. The van der Waals surface area contributed by atoms with E-state index in [0.29, 0.717) is 18.3 Å². The van der Waals surface area contributed by atoms with Gasteiger partial charge in [-0.2, -0.15) is 0 Å². The standard InChI is InChI=1S/C30H50N2O6Si/c1-19-15-21-10-9-20(2)24(28(21)25(16-19)37-29(35)32-14-13-26(33)31-6)12-11-22-17-23(18-27(34)36-22)38-39(7,8)30(3,4)5/h9-10,15,19-20,22-25,28H,11-14,16-18H2,1-8H3,(H,31,33)(H,32,35)/t19-,20-,22+,23+,24-,25-,28-/m0/s1. The van der Waals surface area contributed by atoms with Crippen molar-refractivity contribution in [2.24, 2.45) is 23.7 Å². The van der Waals surface area contributed by atoms with Crippen molar-refractivity contribution >= 4 is 26.3 Å². The summed E-state index contributed by atoms with van der Waals surface area (Å²) < 4.78 is 18.4. The molecule has 3 aliphatic rings. The summed E-state index contributed by atoms with van der Waals surface area (Å²) in [7, 11) is -0.417. The van der Waals surface area contributed by atoms with Gasteiger partial charge in [0.1, 0.15) is 12.2 Å². The number of rotatable bonds is 9. The molecule has 0 unspecified atom stereocenters. The van der Waals surface area contributed by atoms with Gasteiger partial charge in [0.2, 0.25) is 5.91 Å². The van der Waals surface area contributed by atoms with Crippen LogP contribution >= 0.6 is 0 Å². The van der Waals surface area contributed by atoms with Gasteiger partial charge < -0.3 is 24.5 Å². The van der Waals surface area contributed by atoms with Crippen LogP contribution in [0.25, 0.3) is 0 Å². The molecule has 0 bridgehead atoms. The molecule has 1 fully saturated rings. The zero-order valence-corrected chi connectivity index (χ0v) is 26.2. The number of nitrogens with one attached hydrogen (secondary N) is 2. The van der Waals surface area contributed by atoms with Gasteiger partial charge in [0.25, 0.3) is 0 Å². The fourth-order valence-corrected chi connectivity index (χ4v) is 7.25. The van der Waals surface area contributed by atoms with Crippen molar-refractivity contribution in [3.8, 4) is 0 Å². The fourth-order valence-electron chi connectivity index (χ4n) is 5.89. The van der Waals surface area contributed by atoms with Crippen LogP contribution in [-0.2, 0) is 23.5 Å². The average Bonchev–Trinajstić information content (AvgIpc) is 2.82. The lowest BCUT2D eigenvalue weighted by atomic mass is 9.65. The molecule has 2 aliphatic carbocycles. The summed E-state index contributed by atoms with van der Waals surface area (Å²) in [5.74, 6) is 0.654. The third-order valence-electron chi connectivity index (χ3n) is 9.06. The summed E-state index contributed by atoms with van der Waals surface area (Å²) in [6, 6.07) is 0. The smallest absolute Gasteiger partial charge is 0.407 e. The van der Waals surface area contributed by atoms with E-state index in [9.17, 15) is 14.4 Å².